The average Bonchev–Trinajstić information content (AvgIpc) is 2.53. The van der Waals surface area contributed by atoms with Gasteiger partial charge in [-0.2, -0.15) is 13.5 Å². The van der Waals surface area contributed by atoms with Gasteiger partial charge in [-0.1, -0.05) is 0 Å². The number of rotatable bonds is 2. The molecule has 3 aliphatic rings. The Balaban J connectivity index is 0.00000147. The van der Waals surface area contributed by atoms with E-state index in [9.17, 15) is 18.0 Å². The average molecular weight is 314 g/mol. The molecule has 2 N–H and O–H groups in total. The molecule has 3 atom stereocenters. The summed E-state index contributed by atoms with van der Waals surface area (Å²) in [5.41, 5.74) is 0. The van der Waals surface area contributed by atoms with Gasteiger partial charge in [0.1, 0.15) is 6.04 Å². The first kappa shape index (κ1) is 16.0. The number of piperidine rings is 2. The summed E-state index contributed by atoms with van der Waals surface area (Å²) in [6.07, 6.45) is 1.21. The van der Waals surface area contributed by atoms with Gasteiger partial charge >= 0.3 is 16.4 Å². The quantitative estimate of drug-likeness (QED) is 0.466. The van der Waals surface area contributed by atoms with Crippen LogP contribution in [-0.2, 0) is 19.5 Å². The molecule has 3 amide bonds. The van der Waals surface area contributed by atoms with Gasteiger partial charge in [0.2, 0.25) is 5.91 Å². The van der Waals surface area contributed by atoms with E-state index in [1.54, 1.807) is 0 Å². The Morgan fingerprint density at radius 1 is 1.35 bits per heavy atom. The van der Waals surface area contributed by atoms with Crippen molar-refractivity contribution in [2.24, 2.45) is 5.92 Å². The summed E-state index contributed by atoms with van der Waals surface area (Å²) in [5, 5.41) is 3.34. The van der Waals surface area contributed by atoms with Crippen molar-refractivity contribution in [3.05, 3.63) is 0 Å². The topological polar surface area (TPSA) is 116 Å². The summed E-state index contributed by atoms with van der Waals surface area (Å²) >= 11 is 0. The molecule has 3 aliphatic heterocycles. The first-order valence-electron chi connectivity index (χ1n) is 5.91. The van der Waals surface area contributed by atoms with Gasteiger partial charge in [-0.05, 0) is 18.8 Å². The number of carbonyl (C=O) groups excluding carboxylic acids is 2. The maximum Gasteiger partial charge on any atom is 0.418 e. The number of amides is 3. The van der Waals surface area contributed by atoms with Crippen LogP contribution in [0.4, 0.5) is 4.79 Å². The van der Waals surface area contributed by atoms with E-state index >= 15 is 0 Å². The SMILES string of the molecule is O=C1NCC[C@@H]2C[C@@H]3CN(C(=O)N3OS(=O)(=O)O)[C@H]12.[Na]. The third-order valence-corrected chi connectivity index (χ3v) is 4.14. The van der Waals surface area contributed by atoms with Gasteiger partial charge in [0, 0.05) is 42.6 Å². The Morgan fingerprint density at radius 3 is 2.70 bits per heavy atom. The van der Waals surface area contributed by atoms with E-state index in [0.29, 0.717) is 18.0 Å². The normalized spacial score (nSPS) is 32.5. The minimum Gasteiger partial charge on any atom is -0.354 e. The van der Waals surface area contributed by atoms with Gasteiger partial charge < -0.3 is 10.2 Å². The number of nitrogens with zero attached hydrogens (tertiary/aromatic N) is 2. The van der Waals surface area contributed by atoms with E-state index in [1.165, 1.54) is 4.90 Å². The van der Waals surface area contributed by atoms with Crippen molar-refractivity contribution in [3.8, 4) is 0 Å². The molecule has 3 saturated heterocycles. The molecule has 0 aromatic heterocycles. The zero-order valence-electron chi connectivity index (χ0n) is 10.9. The van der Waals surface area contributed by atoms with Crippen molar-refractivity contribution >= 4 is 51.9 Å². The number of fused-ring (bicyclic) bond motifs is 4. The molecular formula is C9H13N3NaO6S. The van der Waals surface area contributed by atoms with Gasteiger partial charge in [0.15, 0.2) is 0 Å². The van der Waals surface area contributed by atoms with Crippen molar-refractivity contribution in [2.45, 2.75) is 24.9 Å². The largest absolute Gasteiger partial charge is 0.418 e. The van der Waals surface area contributed by atoms with Crippen molar-refractivity contribution in [3.63, 3.8) is 0 Å². The van der Waals surface area contributed by atoms with Crippen molar-refractivity contribution in [1.29, 1.82) is 0 Å². The number of nitrogens with one attached hydrogen (secondary N) is 1. The van der Waals surface area contributed by atoms with E-state index in [4.69, 9.17) is 4.55 Å². The Hall–Kier alpha value is -0.390. The Bertz CT molecular complexity index is 540. The molecule has 20 heavy (non-hydrogen) atoms. The summed E-state index contributed by atoms with van der Waals surface area (Å²) in [5.74, 6) is -0.233. The predicted molar refractivity (Wildman–Crippen MR) is 65.6 cm³/mol. The molecule has 11 heteroatoms. The number of hydrogen-bond acceptors (Lipinski definition) is 5. The van der Waals surface area contributed by atoms with Crippen LogP contribution in [0, 0.1) is 5.92 Å². The molecule has 1 radical (unpaired) electrons. The maximum atomic E-state index is 12.0. The van der Waals surface area contributed by atoms with Crippen LogP contribution in [0.3, 0.4) is 0 Å². The molecular weight excluding hydrogens is 301 g/mol. The molecule has 0 spiro atoms. The smallest absolute Gasteiger partial charge is 0.354 e. The molecule has 0 aromatic carbocycles. The number of urea groups is 1. The fourth-order valence-electron chi connectivity index (χ4n) is 3.11. The van der Waals surface area contributed by atoms with Crippen LogP contribution in [0.2, 0.25) is 0 Å². The molecule has 3 rings (SSSR count). The monoisotopic (exact) mass is 314 g/mol. The number of hydrogen-bond donors (Lipinski definition) is 2. The van der Waals surface area contributed by atoms with Crippen LogP contribution in [0.5, 0.6) is 0 Å². The molecule has 3 heterocycles. The van der Waals surface area contributed by atoms with Crippen LogP contribution >= 0.6 is 0 Å². The van der Waals surface area contributed by atoms with Crippen LogP contribution in [-0.4, -0.2) is 89.6 Å². The van der Waals surface area contributed by atoms with Gasteiger partial charge in [-0.25, -0.2) is 4.79 Å². The van der Waals surface area contributed by atoms with Crippen LogP contribution in [0.15, 0.2) is 0 Å². The predicted octanol–water partition coefficient (Wildman–Crippen LogP) is -1.65. The van der Waals surface area contributed by atoms with Gasteiger partial charge in [0.05, 0.1) is 6.04 Å². The first-order chi connectivity index (χ1) is 8.87. The number of hydroxylamine groups is 2. The third-order valence-electron chi connectivity index (χ3n) is 3.79. The Labute approximate surface area is 137 Å². The minimum absolute atomic E-state index is 0. The third kappa shape index (κ3) is 2.68. The minimum atomic E-state index is -4.75. The Kier molecular flexibility index (Phi) is 4.34. The second kappa shape index (κ2) is 5.43. The fourth-order valence-corrected chi connectivity index (χ4v) is 3.50. The van der Waals surface area contributed by atoms with E-state index in [-0.39, 0.29) is 47.9 Å². The molecule has 0 aromatic rings. The van der Waals surface area contributed by atoms with E-state index in [0.717, 1.165) is 6.42 Å². The van der Waals surface area contributed by atoms with Gasteiger partial charge in [-0.15, -0.1) is 4.28 Å². The van der Waals surface area contributed by atoms with Crippen LogP contribution < -0.4 is 5.32 Å². The number of carbonyl (C=O) groups is 2. The second-order valence-corrected chi connectivity index (χ2v) is 5.94. The summed E-state index contributed by atoms with van der Waals surface area (Å²) < 4.78 is 34.5. The first-order valence-corrected chi connectivity index (χ1v) is 7.28. The molecule has 0 saturated carbocycles. The zero-order chi connectivity index (χ0) is 13.8. The van der Waals surface area contributed by atoms with Gasteiger partial charge in [-0.3, -0.25) is 9.35 Å². The fraction of sp³-hybridized carbons (Fsp3) is 0.778. The summed E-state index contributed by atoms with van der Waals surface area (Å²) in [4.78, 5) is 25.2. The molecule has 9 nitrogen and oxygen atoms in total. The Morgan fingerprint density at radius 2 is 2.05 bits per heavy atom. The molecule has 2 bridgehead atoms. The summed E-state index contributed by atoms with van der Waals surface area (Å²) in [6, 6.07) is -1.73. The van der Waals surface area contributed by atoms with Crippen molar-refractivity contribution < 1.29 is 26.8 Å². The molecule has 3 fully saturated rings. The van der Waals surface area contributed by atoms with Crippen molar-refractivity contribution in [1.82, 2.24) is 15.3 Å². The van der Waals surface area contributed by atoms with Gasteiger partial charge in [0.25, 0.3) is 0 Å². The molecule has 0 unspecified atom stereocenters. The van der Waals surface area contributed by atoms with E-state index < -0.39 is 28.5 Å². The molecule has 107 valence electrons. The maximum absolute atomic E-state index is 12.0. The molecule has 0 aliphatic carbocycles. The van der Waals surface area contributed by atoms with Crippen LogP contribution in [0.1, 0.15) is 12.8 Å². The van der Waals surface area contributed by atoms with E-state index in [1.807, 2.05) is 0 Å². The van der Waals surface area contributed by atoms with Crippen LogP contribution in [0.25, 0.3) is 0 Å². The van der Waals surface area contributed by atoms with Crippen molar-refractivity contribution in [2.75, 3.05) is 13.1 Å². The van der Waals surface area contributed by atoms with E-state index in [2.05, 4.69) is 9.60 Å². The summed E-state index contributed by atoms with van der Waals surface area (Å²) in [6.45, 7) is 0.775. The second-order valence-electron chi connectivity index (χ2n) is 4.94. The standard InChI is InChI=1S/C9H13N3O6S.Na/c13-8-7-5(1-2-10-8)3-6-4-11(7)9(14)12(6)18-19(15,16)17;/h5-7H,1-4H2,(H,10,13)(H,15,16,17);/t5-,6-,7+;/m1./s1. The zero-order valence-corrected chi connectivity index (χ0v) is 13.7. The summed E-state index contributed by atoms with van der Waals surface area (Å²) in [7, 11) is -4.75.